The number of guanidine groups is 1. The van der Waals surface area contributed by atoms with Gasteiger partial charge in [-0.3, -0.25) is 4.99 Å². The highest BCUT2D eigenvalue weighted by molar-refractivity contribution is 14.0. The number of aliphatic imine (C=N–C) groups is 1. The van der Waals surface area contributed by atoms with Crippen LogP contribution < -0.4 is 15.4 Å². The lowest BCUT2D eigenvalue weighted by molar-refractivity contribution is 0.281. The molecule has 0 aliphatic rings. The second kappa shape index (κ2) is 13.8. The van der Waals surface area contributed by atoms with Crippen molar-refractivity contribution in [2.75, 3.05) is 40.8 Å². The number of aromatic nitrogens is 1. The molecule has 0 atom stereocenters. The Bertz CT molecular complexity index is 727. The normalized spacial score (nSPS) is 11.3. The van der Waals surface area contributed by atoms with E-state index in [0.29, 0.717) is 0 Å². The first kappa shape index (κ1) is 25.6. The highest BCUT2D eigenvalue weighted by Gasteiger charge is 2.04. The van der Waals surface area contributed by atoms with E-state index in [-0.39, 0.29) is 24.0 Å². The summed E-state index contributed by atoms with van der Waals surface area (Å²) in [7, 11) is 5.94. The van der Waals surface area contributed by atoms with Gasteiger partial charge < -0.3 is 20.3 Å². The molecule has 0 aliphatic carbocycles. The maximum Gasteiger partial charge on any atom is 0.191 e. The lowest BCUT2D eigenvalue weighted by Gasteiger charge is -2.12. The first-order valence-corrected chi connectivity index (χ1v) is 10.5. The molecule has 0 bridgehead atoms. The van der Waals surface area contributed by atoms with Gasteiger partial charge in [0.15, 0.2) is 5.96 Å². The third-order valence-electron chi connectivity index (χ3n) is 4.33. The Balaban J connectivity index is 0.00000420. The second-order valence-corrected chi connectivity index (χ2v) is 8.29. The summed E-state index contributed by atoms with van der Waals surface area (Å²) in [5.41, 5.74) is 2.32. The summed E-state index contributed by atoms with van der Waals surface area (Å²) < 4.78 is 5.78. The fraction of sp³-hybridized carbons (Fsp3) is 0.524. The average Bonchev–Trinajstić information content (AvgIpc) is 3.00. The lowest BCUT2D eigenvalue weighted by Crippen LogP contribution is -2.37. The minimum Gasteiger partial charge on any atom is -0.494 e. The fourth-order valence-corrected chi connectivity index (χ4v) is 3.55. The molecule has 1 heterocycles. The summed E-state index contributed by atoms with van der Waals surface area (Å²) in [5, 5.41) is 7.86. The minimum absolute atomic E-state index is 0. The van der Waals surface area contributed by atoms with E-state index in [1.54, 1.807) is 18.4 Å². The van der Waals surface area contributed by atoms with Gasteiger partial charge >= 0.3 is 0 Å². The zero-order chi connectivity index (χ0) is 20.4. The molecular formula is C21H34IN5OS. The number of ether oxygens (including phenoxy) is 1. The van der Waals surface area contributed by atoms with E-state index in [0.717, 1.165) is 56.5 Å². The van der Waals surface area contributed by atoms with Gasteiger partial charge in [-0.25, -0.2) is 4.98 Å². The molecule has 29 heavy (non-hydrogen) atoms. The summed E-state index contributed by atoms with van der Waals surface area (Å²) in [6, 6.07) is 8.22. The van der Waals surface area contributed by atoms with Crippen LogP contribution in [0.1, 0.15) is 27.6 Å². The average molecular weight is 532 g/mol. The summed E-state index contributed by atoms with van der Waals surface area (Å²) in [5.74, 6) is 1.72. The molecule has 2 aromatic rings. The number of hydrogen-bond donors (Lipinski definition) is 2. The Kier molecular flexibility index (Phi) is 12.2. The molecule has 0 saturated carbocycles. The molecule has 8 heteroatoms. The first-order chi connectivity index (χ1) is 13.5. The number of nitrogens with zero attached hydrogens (tertiary/aromatic N) is 3. The van der Waals surface area contributed by atoms with Crippen LogP contribution in [0.5, 0.6) is 5.75 Å². The summed E-state index contributed by atoms with van der Waals surface area (Å²) in [4.78, 5) is 12.3. The SMILES string of the molecule is CN=C(NCCc1nc(C)c(C)s1)NCc1ccc(OCCCN(C)C)cc1.I. The van der Waals surface area contributed by atoms with Crippen LogP contribution in [0, 0.1) is 13.8 Å². The Morgan fingerprint density at radius 3 is 2.48 bits per heavy atom. The topological polar surface area (TPSA) is 61.8 Å². The van der Waals surface area contributed by atoms with Gasteiger partial charge in [0.1, 0.15) is 5.75 Å². The molecule has 1 aromatic heterocycles. The molecule has 0 aliphatic heterocycles. The number of nitrogens with one attached hydrogen (secondary N) is 2. The van der Waals surface area contributed by atoms with Crippen molar-refractivity contribution in [1.82, 2.24) is 20.5 Å². The van der Waals surface area contributed by atoms with E-state index in [9.17, 15) is 0 Å². The largest absolute Gasteiger partial charge is 0.494 e. The van der Waals surface area contributed by atoms with Gasteiger partial charge in [0.25, 0.3) is 0 Å². The zero-order valence-electron chi connectivity index (χ0n) is 18.1. The molecule has 2 rings (SSSR count). The highest BCUT2D eigenvalue weighted by atomic mass is 127. The number of thiazole rings is 1. The quantitative estimate of drug-likeness (QED) is 0.212. The molecule has 6 nitrogen and oxygen atoms in total. The van der Waals surface area contributed by atoms with Crippen molar-refractivity contribution >= 4 is 41.3 Å². The van der Waals surface area contributed by atoms with Crippen molar-refractivity contribution in [3.8, 4) is 5.75 Å². The molecule has 0 spiro atoms. The van der Waals surface area contributed by atoms with Crippen LogP contribution in [-0.4, -0.2) is 56.7 Å². The molecule has 2 N–H and O–H groups in total. The van der Waals surface area contributed by atoms with Crippen LogP contribution in [0.4, 0.5) is 0 Å². The van der Waals surface area contributed by atoms with Crippen molar-refractivity contribution in [1.29, 1.82) is 0 Å². The summed E-state index contributed by atoms with van der Waals surface area (Å²) in [6.07, 6.45) is 1.93. The van der Waals surface area contributed by atoms with Crippen LogP contribution >= 0.6 is 35.3 Å². The maximum atomic E-state index is 5.78. The smallest absolute Gasteiger partial charge is 0.191 e. The van der Waals surface area contributed by atoms with Gasteiger partial charge in [0.2, 0.25) is 0 Å². The third-order valence-corrected chi connectivity index (χ3v) is 5.46. The molecule has 1 aromatic carbocycles. The van der Waals surface area contributed by atoms with Crippen molar-refractivity contribution in [2.24, 2.45) is 4.99 Å². The van der Waals surface area contributed by atoms with Gasteiger partial charge in [0, 0.05) is 38.0 Å². The van der Waals surface area contributed by atoms with E-state index < -0.39 is 0 Å². The number of halogens is 1. The number of aryl methyl sites for hydroxylation is 2. The molecule has 0 fully saturated rings. The summed E-state index contributed by atoms with van der Waals surface area (Å²) in [6.45, 7) is 7.48. The van der Waals surface area contributed by atoms with E-state index in [4.69, 9.17) is 4.74 Å². The van der Waals surface area contributed by atoms with Gasteiger partial charge in [0.05, 0.1) is 17.3 Å². The molecular weight excluding hydrogens is 497 g/mol. The summed E-state index contributed by atoms with van der Waals surface area (Å²) >= 11 is 1.77. The van der Waals surface area contributed by atoms with E-state index >= 15 is 0 Å². The third kappa shape index (κ3) is 9.77. The Morgan fingerprint density at radius 1 is 1.17 bits per heavy atom. The number of benzene rings is 1. The lowest BCUT2D eigenvalue weighted by atomic mass is 10.2. The molecule has 0 unspecified atom stereocenters. The van der Waals surface area contributed by atoms with E-state index in [1.165, 1.54) is 15.4 Å². The zero-order valence-corrected chi connectivity index (χ0v) is 21.3. The maximum absolute atomic E-state index is 5.78. The van der Waals surface area contributed by atoms with Gasteiger partial charge in [-0.1, -0.05) is 12.1 Å². The van der Waals surface area contributed by atoms with E-state index in [1.807, 2.05) is 12.1 Å². The van der Waals surface area contributed by atoms with Crippen molar-refractivity contribution in [2.45, 2.75) is 33.2 Å². The van der Waals surface area contributed by atoms with Gasteiger partial charge in [-0.2, -0.15) is 0 Å². The fourth-order valence-electron chi connectivity index (χ4n) is 2.61. The second-order valence-electron chi connectivity index (χ2n) is 7.00. The Hall–Kier alpha value is -1.39. The van der Waals surface area contributed by atoms with Crippen molar-refractivity contribution in [3.05, 3.63) is 45.4 Å². The molecule has 0 amide bonds. The first-order valence-electron chi connectivity index (χ1n) is 9.72. The Morgan fingerprint density at radius 2 is 1.90 bits per heavy atom. The number of rotatable bonds is 10. The monoisotopic (exact) mass is 531 g/mol. The van der Waals surface area contributed by atoms with Gasteiger partial charge in [-0.05, 0) is 52.1 Å². The highest BCUT2D eigenvalue weighted by Crippen LogP contribution is 2.16. The van der Waals surface area contributed by atoms with E-state index in [2.05, 4.69) is 65.6 Å². The van der Waals surface area contributed by atoms with Crippen molar-refractivity contribution in [3.63, 3.8) is 0 Å². The van der Waals surface area contributed by atoms with Crippen LogP contribution in [0.2, 0.25) is 0 Å². The molecule has 162 valence electrons. The standard InChI is InChI=1S/C21H33N5OS.HI/c1-16-17(2)28-20(25-16)11-12-23-21(22-3)24-15-18-7-9-19(10-8-18)27-14-6-13-26(4)5;/h7-10H,6,11-15H2,1-5H3,(H2,22,23,24);1H. The predicted molar refractivity (Wildman–Crippen MR) is 134 cm³/mol. The van der Waals surface area contributed by atoms with Crippen molar-refractivity contribution < 1.29 is 4.74 Å². The Labute approximate surface area is 196 Å². The van der Waals surface area contributed by atoms with Crippen LogP contribution in [0.25, 0.3) is 0 Å². The number of hydrogen-bond acceptors (Lipinski definition) is 5. The molecule has 0 radical (unpaired) electrons. The molecule has 0 saturated heterocycles. The van der Waals surface area contributed by atoms with Crippen LogP contribution in [0.15, 0.2) is 29.3 Å². The van der Waals surface area contributed by atoms with Gasteiger partial charge in [-0.15, -0.1) is 35.3 Å². The van der Waals surface area contributed by atoms with Crippen LogP contribution in [-0.2, 0) is 13.0 Å². The minimum atomic E-state index is 0. The van der Waals surface area contributed by atoms with Crippen LogP contribution in [0.3, 0.4) is 0 Å². The predicted octanol–water partition coefficient (Wildman–Crippen LogP) is 3.62.